The van der Waals surface area contributed by atoms with Crippen LogP contribution in [0.4, 0.5) is 11.4 Å². The monoisotopic (exact) mass is 500 g/mol. The highest BCUT2D eigenvalue weighted by atomic mass is 32.2. The topological polar surface area (TPSA) is 94.0 Å². The molecule has 1 atom stereocenters. The molecule has 3 aromatic rings. The number of carbonyl (C=O) groups excluding carboxylic acids is 2. The normalized spacial score (nSPS) is 15.3. The molecule has 2 heterocycles. The first kappa shape index (κ1) is 24.3. The zero-order valence-electron chi connectivity index (χ0n) is 19.3. The second-order valence-corrected chi connectivity index (χ2v) is 9.96. The van der Waals surface area contributed by atoms with Crippen molar-refractivity contribution in [2.75, 3.05) is 16.4 Å². The molecule has 6 nitrogen and oxygen atoms in total. The number of benzene rings is 2. The van der Waals surface area contributed by atoms with Crippen LogP contribution in [0, 0.1) is 18.3 Å². The zero-order valence-corrected chi connectivity index (χ0v) is 20.9. The lowest BCUT2D eigenvalue weighted by molar-refractivity contribution is -0.114. The van der Waals surface area contributed by atoms with Crippen LogP contribution in [0.5, 0.6) is 0 Å². The summed E-state index contributed by atoms with van der Waals surface area (Å²) >= 11 is 2.75. The molecule has 1 aliphatic heterocycles. The second-order valence-electron chi connectivity index (χ2n) is 7.99. The minimum Gasteiger partial charge on any atom is -0.353 e. The molecule has 2 aromatic carbocycles. The Balaban J connectivity index is 1.58. The lowest BCUT2D eigenvalue weighted by atomic mass is 9.86. The summed E-state index contributed by atoms with van der Waals surface area (Å²) in [6.07, 6.45) is 0. The number of nitrogens with one attached hydrogen (secondary N) is 3. The Morgan fingerprint density at radius 3 is 2.49 bits per heavy atom. The van der Waals surface area contributed by atoms with E-state index in [1.54, 1.807) is 0 Å². The molecule has 4 rings (SSSR count). The van der Waals surface area contributed by atoms with Crippen LogP contribution < -0.4 is 16.0 Å². The van der Waals surface area contributed by atoms with E-state index >= 15 is 0 Å². The number of allylic oxidation sites excluding steroid dienone is 2. The van der Waals surface area contributed by atoms with E-state index < -0.39 is 5.92 Å². The van der Waals surface area contributed by atoms with Gasteiger partial charge in [-0.05, 0) is 55.1 Å². The van der Waals surface area contributed by atoms with Crippen molar-refractivity contribution in [1.29, 1.82) is 5.26 Å². The first-order valence-corrected chi connectivity index (χ1v) is 12.8. The quantitative estimate of drug-likeness (QED) is 0.383. The molecule has 8 heteroatoms. The van der Waals surface area contributed by atoms with Crippen LogP contribution in [0.1, 0.15) is 23.3 Å². The summed E-state index contributed by atoms with van der Waals surface area (Å²) in [5.41, 5.74) is 4.02. The van der Waals surface area contributed by atoms with Gasteiger partial charge < -0.3 is 16.0 Å². The van der Waals surface area contributed by atoms with E-state index in [0.717, 1.165) is 16.1 Å². The molecule has 0 radical (unpaired) electrons. The van der Waals surface area contributed by atoms with Gasteiger partial charge >= 0.3 is 0 Å². The average Bonchev–Trinajstić information content (AvgIpc) is 3.37. The number of dihydropyridines is 1. The van der Waals surface area contributed by atoms with Crippen LogP contribution >= 0.6 is 23.1 Å². The fourth-order valence-electron chi connectivity index (χ4n) is 3.85. The lowest BCUT2D eigenvalue weighted by Crippen LogP contribution is -2.30. The molecule has 35 heavy (non-hydrogen) atoms. The Morgan fingerprint density at radius 1 is 1.03 bits per heavy atom. The summed E-state index contributed by atoms with van der Waals surface area (Å²) < 4.78 is 0. The minimum absolute atomic E-state index is 0.122. The summed E-state index contributed by atoms with van der Waals surface area (Å²) in [7, 11) is 0. The van der Waals surface area contributed by atoms with E-state index in [4.69, 9.17) is 0 Å². The van der Waals surface area contributed by atoms with Crippen molar-refractivity contribution in [3.63, 3.8) is 0 Å². The third-order valence-electron chi connectivity index (χ3n) is 5.40. The van der Waals surface area contributed by atoms with Crippen LogP contribution in [-0.4, -0.2) is 17.6 Å². The number of nitrogens with zero attached hydrogens (tertiary/aromatic N) is 1. The van der Waals surface area contributed by atoms with E-state index in [2.05, 4.69) is 22.0 Å². The highest BCUT2D eigenvalue weighted by molar-refractivity contribution is 8.03. The SMILES string of the molecule is CC1=C(C(=O)Nc2ccccc2)[C@@H](c2cccs2)C(C#N)=C(SCC(=O)Nc2cccc(C)c2)N1. The van der Waals surface area contributed by atoms with Crippen molar-refractivity contribution in [3.05, 3.63) is 104 Å². The highest BCUT2D eigenvalue weighted by Gasteiger charge is 2.35. The van der Waals surface area contributed by atoms with E-state index in [0.29, 0.717) is 27.6 Å². The van der Waals surface area contributed by atoms with Crippen molar-refractivity contribution in [1.82, 2.24) is 5.32 Å². The number of aryl methyl sites for hydroxylation is 1. The van der Waals surface area contributed by atoms with Gasteiger partial charge in [0.1, 0.15) is 0 Å². The number of para-hydroxylation sites is 1. The van der Waals surface area contributed by atoms with E-state index in [1.165, 1.54) is 23.1 Å². The van der Waals surface area contributed by atoms with Gasteiger partial charge in [-0.25, -0.2) is 0 Å². The number of nitriles is 1. The maximum Gasteiger partial charge on any atom is 0.254 e. The van der Waals surface area contributed by atoms with Crippen LogP contribution in [0.2, 0.25) is 0 Å². The van der Waals surface area contributed by atoms with Crippen LogP contribution in [0.25, 0.3) is 0 Å². The molecule has 0 unspecified atom stereocenters. The molecule has 0 spiro atoms. The fourth-order valence-corrected chi connectivity index (χ4v) is 5.58. The van der Waals surface area contributed by atoms with Crippen LogP contribution in [0.15, 0.2) is 94.0 Å². The van der Waals surface area contributed by atoms with Crippen LogP contribution in [0.3, 0.4) is 0 Å². The molecule has 176 valence electrons. The predicted octanol–water partition coefficient (Wildman–Crippen LogP) is 5.76. The largest absolute Gasteiger partial charge is 0.353 e. The maximum atomic E-state index is 13.3. The van der Waals surface area contributed by atoms with Crippen molar-refractivity contribution in [3.8, 4) is 6.07 Å². The van der Waals surface area contributed by atoms with E-state index in [9.17, 15) is 14.9 Å². The number of anilines is 2. The maximum absolute atomic E-state index is 13.3. The van der Waals surface area contributed by atoms with Crippen molar-refractivity contribution >= 4 is 46.3 Å². The number of hydrogen-bond donors (Lipinski definition) is 3. The number of hydrogen-bond acceptors (Lipinski definition) is 6. The van der Waals surface area contributed by atoms with Crippen molar-refractivity contribution < 1.29 is 9.59 Å². The van der Waals surface area contributed by atoms with Gasteiger partial charge in [0, 0.05) is 27.5 Å². The third kappa shape index (κ3) is 5.83. The average molecular weight is 501 g/mol. The van der Waals surface area contributed by atoms with Crippen LogP contribution in [-0.2, 0) is 9.59 Å². The molecule has 0 saturated carbocycles. The molecule has 1 aromatic heterocycles. The lowest BCUT2D eigenvalue weighted by Gasteiger charge is -2.29. The summed E-state index contributed by atoms with van der Waals surface area (Å²) in [6.45, 7) is 3.79. The summed E-state index contributed by atoms with van der Waals surface area (Å²) in [6, 6.07) is 22.9. The summed E-state index contributed by atoms with van der Waals surface area (Å²) in [4.78, 5) is 26.8. The van der Waals surface area contributed by atoms with Gasteiger partial charge in [0.15, 0.2) is 0 Å². The first-order valence-electron chi connectivity index (χ1n) is 11.0. The predicted molar refractivity (Wildman–Crippen MR) is 143 cm³/mol. The Kier molecular flexibility index (Phi) is 7.70. The summed E-state index contributed by atoms with van der Waals surface area (Å²) in [5.74, 6) is -0.841. The Morgan fingerprint density at radius 2 is 1.80 bits per heavy atom. The summed E-state index contributed by atoms with van der Waals surface area (Å²) in [5, 5.41) is 21.7. The highest BCUT2D eigenvalue weighted by Crippen LogP contribution is 2.42. The van der Waals surface area contributed by atoms with Gasteiger partial charge in [-0.3, -0.25) is 9.59 Å². The van der Waals surface area contributed by atoms with Crippen molar-refractivity contribution in [2.45, 2.75) is 19.8 Å². The number of thiophene rings is 1. The molecule has 0 bridgehead atoms. The molecule has 0 fully saturated rings. The molecule has 2 amide bonds. The van der Waals surface area contributed by atoms with Gasteiger partial charge in [0.25, 0.3) is 5.91 Å². The molecular formula is C27H24N4O2S2. The Bertz CT molecular complexity index is 1340. The number of amides is 2. The van der Waals surface area contributed by atoms with E-state index in [-0.39, 0.29) is 17.6 Å². The standard InChI is InChI=1S/C27H24N4O2S2/c1-17-8-6-11-20(14-17)30-23(32)16-35-27-21(15-28)25(22-12-7-13-34-22)24(18(2)29-27)26(33)31-19-9-4-3-5-10-19/h3-14,25,29H,16H2,1-2H3,(H,30,32)(H,31,33)/t25-/m1/s1. The molecule has 3 N–H and O–H groups in total. The van der Waals surface area contributed by atoms with Gasteiger partial charge in [-0.15, -0.1) is 11.3 Å². The minimum atomic E-state index is -0.521. The fraction of sp³-hybridized carbons (Fsp3) is 0.148. The smallest absolute Gasteiger partial charge is 0.254 e. The van der Waals surface area contributed by atoms with Gasteiger partial charge in [-0.2, -0.15) is 5.26 Å². The first-order chi connectivity index (χ1) is 17.0. The third-order valence-corrected chi connectivity index (χ3v) is 7.36. The number of carbonyl (C=O) groups is 2. The number of rotatable bonds is 7. The molecular weight excluding hydrogens is 476 g/mol. The second kappa shape index (κ2) is 11.1. The van der Waals surface area contributed by atoms with Gasteiger partial charge in [0.2, 0.25) is 5.91 Å². The molecule has 1 aliphatic rings. The zero-order chi connectivity index (χ0) is 24.8. The Hall–Kier alpha value is -3.80. The number of thioether (sulfide) groups is 1. The van der Waals surface area contributed by atoms with Crippen molar-refractivity contribution in [2.24, 2.45) is 0 Å². The Labute approximate surface area is 212 Å². The van der Waals surface area contributed by atoms with Gasteiger partial charge in [0.05, 0.1) is 28.3 Å². The molecule has 0 aliphatic carbocycles. The molecule has 0 saturated heterocycles. The van der Waals surface area contributed by atoms with Gasteiger partial charge in [-0.1, -0.05) is 48.2 Å². The van der Waals surface area contributed by atoms with E-state index in [1.807, 2.05) is 86.0 Å².